The van der Waals surface area contributed by atoms with E-state index in [2.05, 4.69) is 22.4 Å². The Bertz CT molecular complexity index is 604. The molecule has 19 heavy (non-hydrogen) atoms. The van der Waals surface area contributed by atoms with Gasteiger partial charge in [-0.15, -0.1) is 0 Å². The number of likely N-dealkylation sites (N-methyl/N-ethyl adjacent to an activating group) is 1. The van der Waals surface area contributed by atoms with Crippen LogP contribution in [0.5, 0.6) is 5.75 Å². The number of phenolic OH excluding ortho intramolecular Hbond substituents is 1. The molecule has 1 unspecified atom stereocenters. The number of halogens is 1. The number of nitrogens with zero attached hydrogens (tertiary/aromatic N) is 1. The van der Waals surface area contributed by atoms with E-state index in [9.17, 15) is 9.50 Å². The number of phenols is 1. The van der Waals surface area contributed by atoms with Crippen molar-refractivity contribution in [3.63, 3.8) is 0 Å². The van der Waals surface area contributed by atoms with Crippen LogP contribution < -0.4 is 5.32 Å². The van der Waals surface area contributed by atoms with Crippen molar-refractivity contribution >= 4 is 5.70 Å². The predicted molar refractivity (Wildman–Crippen MR) is 72.8 cm³/mol. The van der Waals surface area contributed by atoms with Crippen molar-refractivity contribution in [2.75, 3.05) is 13.6 Å². The van der Waals surface area contributed by atoms with Gasteiger partial charge in [0.1, 0.15) is 0 Å². The summed E-state index contributed by atoms with van der Waals surface area (Å²) in [6, 6.07) is 4.64. The van der Waals surface area contributed by atoms with Gasteiger partial charge in [-0.25, -0.2) is 4.39 Å². The van der Waals surface area contributed by atoms with E-state index in [1.165, 1.54) is 17.7 Å². The van der Waals surface area contributed by atoms with E-state index in [4.69, 9.17) is 0 Å². The van der Waals surface area contributed by atoms with E-state index >= 15 is 0 Å². The normalized spacial score (nSPS) is 21.4. The maximum absolute atomic E-state index is 13.5. The summed E-state index contributed by atoms with van der Waals surface area (Å²) in [4.78, 5) is 2.08. The van der Waals surface area contributed by atoms with Gasteiger partial charge in [0.2, 0.25) is 0 Å². The smallest absolute Gasteiger partial charge is 0.165 e. The van der Waals surface area contributed by atoms with Crippen molar-refractivity contribution in [1.82, 2.24) is 10.2 Å². The Balaban J connectivity index is 2.00. The summed E-state index contributed by atoms with van der Waals surface area (Å²) in [6.45, 7) is 0.802. The number of fused-ring (bicyclic) bond motifs is 1. The van der Waals surface area contributed by atoms with Crippen LogP contribution in [0.2, 0.25) is 0 Å². The first-order valence-corrected chi connectivity index (χ1v) is 6.18. The number of hydrogen-bond donors (Lipinski definition) is 2. The maximum Gasteiger partial charge on any atom is 0.165 e. The molecule has 2 N–H and O–H groups in total. The maximum atomic E-state index is 13.5. The van der Waals surface area contributed by atoms with Crippen LogP contribution in [0.1, 0.15) is 5.56 Å². The van der Waals surface area contributed by atoms with E-state index in [1.54, 1.807) is 6.07 Å². The van der Waals surface area contributed by atoms with E-state index < -0.39 is 5.82 Å². The van der Waals surface area contributed by atoms with Gasteiger partial charge < -0.3 is 15.3 Å². The zero-order valence-corrected chi connectivity index (χ0v) is 10.6. The fraction of sp³-hybridized carbons (Fsp3) is 0.200. The highest BCUT2D eigenvalue weighted by atomic mass is 19.1. The van der Waals surface area contributed by atoms with Gasteiger partial charge in [-0.3, -0.25) is 0 Å². The highest BCUT2D eigenvalue weighted by Gasteiger charge is 2.23. The van der Waals surface area contributed by atoms with Crippen molar-refractivity contribution in [3.8, 4) is 5.75 Å². The van der Waals surface area contributed by atoms with Gasteiger partial charge in [0.15, 0.2) is 11.6 Å². The second-order valence-electron chi connectivity index (χ2n) is 4.82. The second kappa shape index (κ2) is 4.46. The molecule has 3 nitrogen and oxygen atoms in total. The van der Waals surface area contributed by atoms with Gasteiger partial charge in [0.25, 0.3) is 0 Å². The molecule has 0 saturated carbocycles. The summed E-state index contributed by atoms with van der Waals surface area (Å²) in [6.07, 6.45) is 8.07. The van der Waals surface area contributed by atoms with E-state index in [0.717, 1.165) is 17.8 Å². The Kier molecular flexibility index (Phi) is 2.78. The van der Waals surface area contributed by atoms with Crippen LogP contribution in [-0.4, -0.2) is 29.6 Å². The molecule has 0 saturated heterocycles. The minimum Gasteiger partial charge on any atom is -0.505 e. The Morgan fingerprint density at radius 1 is 1.42 bits per heavy atom. The van der Waals surface area contributed by atoms with Crippen LogP contribution in [0, 0.1) is 5.82 Å². The Morgan fingerprint density at radius 2 is 2.26 bits per heavy atom. The number of hydrogen-bond acceptors (Lipinski definition) is 3. The molecule has 0 bridgehead atoms. The topological polar surface area (TPSA) is 35.5 Å². The molecule has 0 radical (unpaired) electrons. The van der Waals surface area contributed by atoms with Crippen molar-refractivity contribution in [2.45, 2.75) is 6.04 Å². The van der Waals surface area contributed by atoms with E-state index in [0.29, 0.717) is 0 Å². The molecule has 0 amide bonds. The van der Waals surface area contributed by atoms with Crippen molar-refractivity contribution in [3.05, 3.63) is 59.6 Å². The highest BCUT2D eigenvalue weighted by molar-refractivity contribution is 5.68. The summed E-state index contributed by atoms with van der Waals surface area (Å²) >= 11 is 0. The molecule has 0 spiro atoms. The predicted octanol–water partition coefficient (Wildman–Crippen LogP) is 2.23. The molecular formula is C15H15FN2O. The molecule has 1 aromatic rings. The SMILES string of the molecule is CN1CC2=CC=CNC2C=C1c1ccc(O)c(F)c1. The number of dihydropyridines is 1. The van der Waals surface area contributed by atoms with Crippen LogP contribution in [0.3, 0.4) is 0 Å². The molecule has 98 valence electrons. The molecule has 0 aliphatic carbocycles. The summed E-state index contributed by atoms with van der Waals surface area (Å²) < 4.78 is 13.5. The van der Waals surface area contributed by atoms with Crippen molar-refractivity contribution in [2.24, 2.45) is 0 Å². The minimum absolute atomic E-state index is 0.160. The standard InChI is InChI=1S/C15H15FN2O/c1-18-9-11-3-2-6-17-13(11)8-14(18)10-4-5-15(19)12(16)7-10/h2-8,13,17,19H,9H2,1H3. The molecule has 1 aromatic carbocycles. The Labute approximate surface area is 111 Å². The van der Waals surface area contributed by atoms with Gasteiger partial charge >= 0.3 is 0 Å². The highest BCUT2D eigenvalue weighted by Crippen LogP contribution is 2.29. The first-order valence-electron chi connectivity index (χ1n) is 6.18. The van der Waals surface area contributed by atoms with Gasteiger partial charge in [0.05, 0.1) is 6.04 Å². The fourth-order valence-electron chi connectivity index (χ4n) is 2.47. The fourth-order valence-corrected chi connectivity index (χ4v) is 2.47. The third-order valence-electron chi connectivity index (χ3n) is 3.48. The lowest BCUT2D eigenvalue weighted by atomic mass is 9.96. The monoisotopic (exact) mass is 258 g/mol. The van der Waals surface area contributed by atoms with Crippen LogP contribution in [0.15, 0.2) is 48.2 Å². The zero-order chi connectivity index (χ0) is 13.4. The lowest BCUT2D eigenvalue weighted by Crippen LogP contribution is -2.37. The second-order valence-corrected chi connectivity index (χ2v) is 4.82. The Morgan fingerprint density at radius 3 is 3.05 bits per heavy atom. The van der Waals surface area contributed by atoms with Crippen LogP contribution in [-0.2, 0) is 0 Å². The Hall–Kier alpha value is -2.23. The molecule has 0 aromatic heterocycles. The van der Waals surface area contributed by atoms with Crippen LogP contribution >= 0.6 is 0 Å². The molecule has 0 fully saturated rings. The summed E-state index contributed by atoms with van der Waals surface area (Å²) in [5.41, 5.74) is 3.02. The summed E-state index contributed by atoms with van der Waals surface area (Å²) in [5.74, 6) is -0.910. The van der Waals surface area contributed by atoms with Gasteiger partial charge in [-0.2, -0.15) is 0 Å². The van der Waals surface area contributed by atoms with Crippen molar-refractivity contribution in [1.29, 1.82) is 0 Å². The average Bonchev–Trinajstić information content (AvgIpc) is 2.41. The molecule has 2 aliphatic rings. The quantitative estimate of drug-likeness (QED) is 0.811. The first-order chi connectivity index (χ1) is 9.15. The number of nitrogens with one attached hydrogen (secondary N) is 1. The minimum atomic E-state index is -0.593. The molecule has 1 atom stereocenters. The van der Waals surface area contributed by atoms with E-state index in [1.807, 2.05) is 19.3 Å². The average molecular weight is 258 g/mol. The third kappa shape index (κ3) is 2.10. The van der Waals surface area contributed by atoms with Crippen LogP contribution in [0.4, 0.5) is 4.39 Å². The van der Waals surface area contributed by atoms with Crippen LogP contribution in [0.25, 0.3) is 5.70 Å². The van der Waals surface area contributed by atoms with Gasteiger partial charge in [-0.05, 0) is 42.1 Å². The summed E-state index contributed by atoms with van der Waals surface area (Å²) in [5, 5.41) is 12.5. The lowest BCUT2D eigenvalue weighted by Gasteiger charge is -2.34. The molecule has 2 heterocycles. The number of benzene rings is 1. The summed E-state index contributed by atoms with van der Waals surface area (Å²) in [7, 11) is 1.98. The molecule has 3 rings (SSSR count). The van der Waals surface area contributed by atoms with Crippen molar-refractivity contribution < 1.29 is 9.50 Å². The largest absolute Gasteiger partial charge is 0.505 e. The number of rotatable bonds is 1. The number of aromatic hydroxyl groups is 1. The molecular weight excluding hydrogens is 243 g/mol. The molecule has 2 aliphatic heterocycles. The zero-order valence-electron chi connectivity index (χ0n) is 10.6. The lowest BCUT2D eigenvalue weighted by molar-refractivity contribution is 0.431. The third-order valence-corrected chi connectivity index (χ3v) is 3.48. The van der Waals surface area contributed by atoms with E-state index in [-0.39, 0.29) is 11.8 Å². The molecule has 4 heteroatoms. The first kappa shape index (κ1) is 11.8. The number of allylic oxidation sites excluding steroid dienone is 2. The van der Waals surface area contributed by atoms with Gasteiger partial charge in [-0.1, -0.05) is 6.08 Å². The van der Waals surface area contributed by atoms with Gasteiger partial charge in [0, 0.05) is 24.9 Å².